The van der Waals surface area contributed by atoms with Crippen molar-refractivity contribution in [1.29, 1.82) is 5.41 Å². The van der Waals surface area contributed by atoms with Gasteiger partial charge in [-0.1, -0.05) is 36.8 Å². The first-order valence-corrected chi connectivity index (χ1v) is 10.8. The maximum absolute atomic E-state index is 12.4. The van der Waals surface area contributed by atoms with E-state index in [9.17, 15) is 4.79 Å². The second-order valence-electron chi connectivity index (χ2n) is 6.95. The number of carbonyl (C=O) groups excluding carboxylic acids is 1. The molecule has 2 aliphatic rings. The first-order valence-electron chi connectivity index (χ1n) is 9.95. The fraction of sp³-hybridized carbons (Fsp3) is 0.217. The zero-order valence-corrected chi connectivity index (χ0v) is 18.1. The Morgan fingerprint density at radius 1 is 1.03 bits per heavy atom. The first kappa shape index (κ1) is 20.9. The van der Waals surface area contributed by atoms with Crippen LogP contribution in [0.15, 0.2) is 64.2 Å². The van der Waals surface area contributed by atoms with E-state index in [1.54, 1.807) is 6.08 Å². The number of ether oxygens (including phenoxy) is 2. The molecule has 0 radical (unpaired) electrons. The summed E-state index contributed by atoms with van der Waals surface area (Å²) in [4.78, 5) is 16.5. The molecule has 0 saturated carbocycles. The van der Waals surface area contributed by atoms with Crippen LogP contribution in [0.25, 0.3) is 6.08 Å². The Labute approximate surface area is 185 Å². The van der Waals surface area contributed by atoms with Crippen molar-refractivity contribution in [3.63, 3.8) is 0 Å². The van der Waals surface area contributed by atoms with Crippen molar-refractivity contribution in [3.8, 4) is 11.5 Å². The molecule has 1 N–H and O–H groups in total. The van der Waals surface area contributed by atoms with E-state index in [0.29, 0.717) is 24.1 Å². The lowest BCUT2D eigenvalue weighted by atomic mass is 10.1. The highest BCUT2D eigenvalue weighted by atomic mass is 32.2. The van der Waals surface area contributed by atoms with Crippen LogP contribution in [0.3, 0.4) is 0 Å². The van der Waals surface area contributed by atoms with Gasteiger partial charge in [-0.3, -0.25) is 10.2 Å². The van der Waals surface area contributed by atoms with Crippen molar-refractivity contribution in [1.82, 2.24) is 5.01 Å². The topological polar surface area (TPSA) is 87.3 Å². The van der Waals surface area contributed by atoms with E-state index in [1.807, 2.05) is 62.4 Å². The van der Waals surface area contributed by atoms with Crippen molar-refractivity contribution < 1.29 is 14.3 Å². The number of nitrogens with zero attached hydrogens (tertiary/aromatic N) is 3. The monoisotopic (exact) mass is 434 g/mol. The minimum Gasteiger partial charge on any atom is -0.490 e. The summed E-state index contributed by atoms with van der Waals surface area (Å²) in [5, 5.41) is 15.4. The summed E-state index contributed by atoms with van der Waals surface area (Å²) < 4.78 is 11.4. The smallest absolute Gasteiger partial charge is 0.283 e. The van der Waals surface area contributed by atoms with Crippen molar-refractivity contribution in [2.45, 2.75) is 20.3 Å². The number of fused-ring (bicyclic) bond motifs is 1. The summed E-state index contributed by atoms with van der Waals surface area (Å²) in [7, 11) is 0. The number of hydrogen-bond donors (Lipinski definition) is 1. The molecule has 2 aliphatic heterocycles. The summed E-state index contributed by atoms with van der Waals surface area (Å²) >= 11 is 1.33. The van der Waals surface area contributed by atoms with Gasteiger partial charge in [-0.05, 0) is 61.0 Å². The number of rotatable bonds is 7. The molecule has 31 heavy (non-hydrogen) atoms. The lowest BCUT2D eigenvalue weighted by Gasteiger charge is -2.20. The Hall–Kier alpha value is -3.39. The van der Waals surface area contributed by atoms with Crippen LogP contribution in [0.2, 0.25) is 0 Å². The average Bonchev–Trinajstić information content (AvgIpc) is 3.20. The highest BCUT2D eigenvalue weighted by molar-refractivity contribution is 8.26. The van der Waals surface area contributed by atoms with Crippen molar-refractivity contribution in [3.05, 3.63) is 65.2 Å². The number of amides is 1. The summed E-state index contributed by atoms with van der Waals surface area (Å²) in [6.07, 6.45) is 2.39. The molecule has 0 saturated heterocycles. The molecular weight excluding hydrogens is 412 g/mol. The largest absolute Gasteiger partial charge is 0.490 e. The Bertz CT molecular complexity index is 1090. The predicted molar refractivity (Wildman–Crippen MR) is 124 cm³/mol. The third-order valence-corrected chi connectivity index (χ3v) is 5.68. The Balaban J connectivity index is 1.35. The Kier molecular flexibility index (Phi) is 6.18. The molecule has 2 aromatic carbocycles. The molecule has 2 aromatic rings. The van der Waals surface area contributed by atoms with Gasteiger partial charge in [0.25, 0.3) is 5.91 Å². The van der Waals surface area contributed by atoms with E-state index in [4.69, 9.17) is 14.9 Å². The highest BCUT2D eigenvalue weighted by Gasteiger charge is 2.34. The summed E-state index contributed by atoms with van der Waals surface area (Å²) in [6.45, 7) is 4.87. The number of hydrogen-bond acceptors (Lipinski definition) is 6. The lowest BCUT2D eigenvalue weighted by molar-refractivity contribution is -0.114. The third-order valence-electron chi connectivity index (χ3n) is 4.63. The third kappa shape index (κ3) is 4.86. The zero-order valence-electron chi connectivity index (χ0n) is 17.3. The molecule has 0 aromatic heterocycles. The molecule has 0 spiro atoms. The number of thioether (sulfide) groups is 1. The van der Waals surface area contributed by atoms with Gasteiger partial charge in [0.1, 0.15) is 29.8 Å². The second-order valence-corrected chi connectivity index (χ2v) is 7.99. The van der Waals surface area contributed by atoms with Crippen LogP contribution in [-0.2, 0) is 4.79 Å². The van der Waals surface area contributed by atoms with Crippen LogP contribution in [0.5, 0.6) is 11.5 Å². The van der Waals surface area contributed by atoms with E-state index in [0.717, 1.165) is 22.8 Å². The van der Waals surface area contributed by atoms with Gasteiger partial charge >= 0.3 is 0 Å². The zero-order chi connectivity index (χ0) is 21.8. The quantitative estimate of drug-likeness (QED) is 0.513. The molecule has 7 nitrogen and oxygen atoms in total. The van der Waals surface area contributed by atoms with Crippen molar-refractivity contribution in [2.75, 3.05) is 13.2 Å². The van der Waals surface area contributed by atoms with Crippen LogP contribution >= 0.6 is 11.8 Å². The maximum atomic E-state index is 12.4. The SMILES string of the molecule is CCC1=NN2C(=N)/C(=C/c3ccc(OCCOc4ccc(C)cc4)cc3)C(=O)N=C2S1. The van der Waals surface area contributed by atoms with Crippen LogP contribution in [0.4, 0.5) is 0 Å². The lowest BCUT2D eigenvalue weighted by Crippen LogP contribution is -2.35. The normalized spacial score (nSPS) is 16.8. The molecule has 4 rings (SSSR count). The van der Waals surface area contributed by atoms with Gasteiger partial charge in [-0.25, -0.2) is 0 Å². The number of aliphatic imine (C=N–C) groups is 1. The van der Waals surface area contributed by atoms with Crippen LogP contribution < -0.4 is 9.47 Å². The molecule has 158 valence electrons. The summed E-state index contributed by atoms with van der Waals surface area (Å²) in [5.74, 6) is 1.13. The Morgan fingerprint density at radius 2 is 1.65 bits per heavy atom. The van der Waals surface area contributed by atoms with Gasteiger partial charge in [-0.15, -0.1) is 0 Å². The number of nitrogens with one attached hydrogen (secondary N) is 1. The molecular formula is C23H22N4O3S. The van der Waals surface area contributed by atoms with Crippen molar-refractivity contribution >= 4 is 39.8 Å². The average molecular weight is 435 g/mol. The highest BCUT2D eigenvalue weighted by Crippen LogP contribution is 2.29. The first-order chi connectivity index (χ1) is 15.0. The molecule has 1 amide bonds. The van der Waals surface area contributed by atoms with E-state index in [-0.39, 0.29) is 11.4 Å². The molecule has 2 heterocycles. The standard InChI is InChI=1S/C23H22N4O3S/c1-3-20-26-27-21(24)19(22(28)25-23(27)31-20)14-16-6-10-18(11-7-16)30-13-12-29-17-8-4-15(2)5-9-17/h4-11,14,24H,3,12-13H2,1-2H3/b19-14-,24-21?. The number of aryl methyl sites for hydroxylation is 1. The van der Waals surface area contributed by atoms with Gasteiger partial charge in [0.05, 0.1) is 5.57 Å². The minimum atomic E-state index is -0.426. The predicted octanol–water partition coefficient (Wildman–Crippen LogP) is 4.48. The number of carbonyl (C=O) groups is 1. The van der Waals surface area contributed by atoms with Crippen molar-refractivity contribution in [2.24, 2.45) is 10.1 Å². The fourth-order valence-corrected chi connectivity index (χ4v) is 3.78. The van der Waals surface area contributed by atoms with Crippen LogP contribution in [0.1, 0.15) is 24.5 Å². The second kappa shape index (κ2) is 9.18. The number of benzene rings is 2. The van der Waals surface area contributed by atoms with Gasteiger partial charge < -0.3 is 9.47 Å². The van der Waals surface area contributed by atoms with Crippen LogP contribution in [-0.4, -0.2) is 40.2 Å². The summed E-state index contributed by atoms with van der Waals surface area (Å²) in [5.41, 5.74) is 2.18. The van der Waals surface area contributed by atoms with E-state index in [2.05, 4.69) is 10.1 Å². The van der Waals surface area contributed by atoms with E-state index in [1.165, 1.54) is 22.3 Å². The molecule has 0 bridgehead atoms. The van der Waals surface area contributed by atoms with Gasteiger partial charge in [0.2, 0.25) is 5.17 Å². The molecule has 0 unspecified atom stereocenters. The number of amidine groups is 2. The number of hydrazone groups is 1. The maximum Gasteiger partial charge on any atom is 0.283 e. The molecule has 0 fully saturated rings. The van der Waals surface area contributed by atoms with E-state index < -0.39 is 5.91 Å². The van der Waals surface area contributed by atoms with Crippen LogP contribution in [0, 0.1) is 12.3 Å². The Morgan fingerprint density at radius 3 is 2.26 bits per heavy atom. The van der Waals surface area contributed by atoms with E-state index >= 15 is 0 Å². The molecule has 0 atom stereocenters. The van der Waals surface area contributed by atoms with Gasteiger partial charge in [0.15, 0.2) is 5.84 Å². The van der Waals surface area contributed by atoms with Gasteiger partial charge in [0, 0.05) is 0 Å². The summed E-state index contributed by atoms with van der Waals surface area (Å²) in [6, 6.07) is 15.2. The minimum absolute atomic E-state index is 0.0412. The molecule has 0 aliphatic carbocycles. The fourth-order valence-electron chi connectivity index (χ4n) is 2.96. The van der Waals surface area contributed by atoms with Gasteiger partial charge in [-0.2, -0.15) is 15.1 Å². The molecule has 8 heteroatoms.